The lowest BCUT2D eigenvalue weighted by atomic mass is 9.88. The van der Waals surface area contributed by atoms with Crippen molar-refractivity contribution in [1.82, 2.24) is 0 Å². The summed E-state index contributed by atoms with van der Waals surface area (Å²) in [7, 11) is 0. The van der Waals surface area contributed by atoms with Crippen LogP contribution in [-0.2, 0) is 9.47 Å². The fourth-order valence-electron chi connectivity index (χ4n) is 2.44. The number of hydrogen-bond acceptors (Lipinski definition) is 2. The summed E-state index contributed by atoms with van der Waals surface area (Å²) in [5, 5.41) is 0. The lowest BCUT2D eigenvalue weighted by Gasteiger charge is -2.30. The molecule has 0 aromatic carbocycles. The van der Waals surface area contributed by atoms with Gasteiger partial charge in [0.05, 0.1) is 13.2 Å². The van der Waals surface area contributed by atoms with E-state index in [0.29, 0.717) is 5.92 Å². The van der Waals surface area contributed by atoms with Crippen molar-refractivity contribution < 1.29 is 9.47 Å². The first kappa shape index (κ1) is 9.47. The van der Waals surface area contributed by atoms with Crippen molar-refractivity contribution in [3.05, 3.63) is 0 Å². The quantitative estimate of drug-likeness (QED) is 0.671. The Kier molecular flexibility index (Phi) is 3.23. The molecule has 0 N–H and O–H groups in total. The first-order valence-electron chi connectivity index (χ1n) is 5.63. The summed E-state index contributed by atoms with van der Waals surface area (Å²) in [6.07, 6.45) is 6.71. The molecule has 3 atom stereocenters. The van der Waals surface area contributed by atoms with Gasteiger partial charge in [0.25, 0.3) is 0 Å². The second-order valence-electron chi connectivity index (χ2n) is 4.37. The summed E-state index contributed by atoms with van der Waals surface area (Å²) in [5.41, 5.74) is 0. The number of ether oxygens (including phenoxy) is 2. The fraction of sp³-hybridized carbons (Fsp3) is 1.00. The van der Waals surface area contributed by atoms with Crippen molar-refractivity contribution in [3.8, 4) is 0 Å². The zero-order valence-electron chi connectivity index (χ0n) is 8.50. The summed E-state index contributed by atoms with van der Waals surface area (Å²) in [5.74, 6) is 1.51. The monoisotopic (exact) mass is 184 g/mol. The van der Waals surface area contributed by atoms with E-state index in [1.54, 1.807) is 0 Å². The summed E-state index contributed by atoms with van der Waals surface area (Å²) in [4.78, 5) is 0. The van der Waals surface area contributed by atoms with E-state index in [4.69, 9.17) is 9.47 Å². The van der Waals surface area contributed by atoms with E-state index < -0.39 is 0 Å². The number of fused-ring (bicyclic) bond motifs is 1. The van der Waals surface area contributed by atoms with Gasteiger partial charge < -0.3 is 9.47 Å². The third-order valence-electron chi connectivity index (χ3n) is 3.25. The molecule has 0 spiro atoms. The van der Waals surface area contributed by atoms with Crippen LogP contribution in [0.3, 0.4) is 0 Å². The minimum absolute atomic E-state index is 0.151. The molecule has 2 heteroatoms. The highest BCUT2D eigenvalue weighted by molar-refractivity contribution is 4.78. The van der Waals surface area contributed by atoms with Gasteiger partial charge in [-0.1, -0.05) is 19.8 Å². The van der Waals surface area contributed by atoms with Crippen molar-refractivity contribution >= 4 is 0 Å². The zero-order valence-corrected chi connectivity index (χ0v) is 8.50. The Morgan fingerprint density at radius 2 is 2.23 bits per heavy atom. The van der Waals surface area contributed by atoms with Gasteiger partial charge in [0, 0.05) is 5.92 Å². The Morgan fingerprint density at radius 1 is 1.31 bits per heavy atom. The van der Waals surface area contributed by atoms with Gasteiger partial charge in [-0.2, -0.15) is 0 Å². The van der Waals surface area contributed by atoms with Gasteiger partial charge in [-0.3, -0.25) is 0 Å². The SMILES string of the molecule is CCCC[C@@H]1COC2OCCC2C1. The highest BCUT2D eigenvalue weighted by Gasteiger charge is 2.35. The van der Waals surface area contributed by atoms with Gasteiger partial charge in [-0.15, -0.1) is 0 Å². The number of hydrogen-bond donors (Lipinski definition) is 0. The van der Waals surface area contributed by atoms with Crippen LogP contribution >= 0.6 is 0 Å². The van der Waals surface area contributed by atoms with Crippen LogP contribution in [0, 0.1) is 11.8 Å². The maximum absolute atomic E-state index is 5.69. The molecule has 2 nitrogen and oxygen atoms in total. The van der Waals surface area contributed by atoms with Crippen molar-refractivity contribution in [1.29, 1.82) is 0 Å². The van der Waals surface area contributed by atoms with E-state index >= 15 is 0 Å². The largest absolute Gasteiger partial charge is 0.352 e. The Bertz CT molecular complexity index is 158. The van der Waals surface area contributed by atoms with Crippen molar-refractivity contribution in [2.24, 2.45) is 11.8 Å². The lowest BCUT2D eigenvalue weighted by molar-refractivity contribution is -0.166. The van der Waals surface area contributed by atoms with Gasteiger partial charge >= 0.3 is 0 Å². The summed E-state index contributed by atoms with van der Waals surface area (Å²) >= 11 is 0. The predicted molar refractivity (Wildman–Crippen MR) is 51.4 cm³/mol. The number of unbranched alkanes of at least 4 members (excludes halogenated alkanes) is 1. The minimum Gasteiger partial charge on any atom is -0.352 e. The molecule has 13 heavy (non-hydrogen) atoms. The molecule has 2 fully saturated rings. The van der Waals surface area contributed by atoms with Crippen LogP contribution in [0.4, 0.5) is 0 Å². The average Bonchev–Trinajstić information content (AvgIpc) is 2.61. The van der Waals surface area contributed by atoms with Crippen molar-refractivity contribution in [2.75, 3.05) is 13.2 Å². The predicted octanol–water partition coefficient (Wildman–Crippen LogP) is 2.58. The fourth-order valence-corrected chi connectivity index (χ4v) is 2.44. The number of rotatable bonds is 3. The van der Waals surface area contributed by atoms with Crippen molar-refractivity contribution in [3.63, 3.8) is 0 Å². The van der Waals surface area contributed by atoms with Crippen LogP contribution in [0.2, 0.25) is 0 Å². The van der Waals surface area contributed by atoms with E-state index in [-0.39, 0.29) is 6.29 Å². The van der Waals surface area contributed by atoms with E-state index in [1.807, 2.05) is 0 Å². The van der Waals surface area contributed by atoms with Crippen molar-refractivity contribution in [2.45, 2.75) is 45.3 Å². The molecule has 0 aromatic rings. The molecular formula is C11H20O2. The highest BCUT2D eigenvalue weighted by atomic mass is 16.7. The maximum Gasteiger partial charge on any atom is 0.160 e. The highest BCUT2D eigenvalue weighted by Crippen LogP contribution is 2.34. The van der Waals surface area contributed by atoms with Gasteiger partial charge in [0.2, 0.25) is 0 Å². The van der Waals surface area contributed by atoms with Crippen LogP contribution in [0.1, 0.15) is 39.0 Å². The van der Waals surface area contributed by atoms with Gasteiger partial charge in [0.1, 0.15) is 0 Å². The topological polar surface area (TPSA) is 18.5 Å². The molecule has 2 aliphatic rings. The first-order valence-corrected chi connectivity index (χ1v) is 5.63. The lowest BCUT2D eigenvalue weighted by Crippen LogP contribution is -2.31. The van der Waals surface area contributed by atoms with E-state index in [2.05, 4.69) is 6.92 Å². The minimum atomic E-state index is 0.151. The first-order chi connectivity index (χ1) is 6.40. The molecule has 2 aliphatic heterocycles. The Morgan fingerprint density at radius 3 is 3.08 bits per heavy atom. The third kappa shape index (κ3) is 2.23. The molecule has 0 bridgehead atoms. The van der Waals surface area contributed by atoms with E-state index in [1.165, 1.54) is 32.1 Å². The normalized spacial score (nSPS) is 39.0. The molecule has 2 rings (SSSR count). The summed E-state index contributed by atoms with van der Waals surface area (Å²) in [6, 6.07) is 0. The average molecular weight is 184 g/mol. The van der Waals surface area contributed by atoms with Crippen LogP contribution in [0.15, 0.2) is 0 Å². The van der Waals surface area contributed by atoms with Crippen LogP contribution in [0.25, 0.3) is 0 Å². The second-order valence-corrected chi connectivity index (χ2v) is 4.37. The van der Waals surface area contributed by atoms with E-state index in [9.17, 15) is 0 Å². The maximum atomic E-state index is 5.69. The molecule has 76 valence electrons. The Balaban J connectivity index is 1.76. The van der Waals surface area contributed by atoms with Gasteiger partial charge in [-0.25, -0.2) is 0 Å². The molecule has 0 radical (unpaired) electrons. The van der Waals surface area contributed by atoms with Crippen LogP contribution < -0.4 is 0 Å². The Labute approximate surface area is 80.6 Å². The molecule has 2 unspecified atom stereocenters. The van der Waals surface area contributed by atoms with Crippen LogP contribution in [-0.4, -0.2) is 19.5 Å². The molecule has 2 saturated heterocycles. The second kappa shape index (κ2) is 4.43. The molecule has 2 heterocycles. The van der Waals surface area contributed by atoms with Crippen LogP contribution in [0.5, 0.6) is 0 Å². The Hall–Kier alpha value is -0.0800. The van der Waals surface area contributed by atoms with Gasteiger partial charge in [0.15, 0.2) is 6.29 Å². The summed E-state index contributed by atoms with van der Waals surface area (Å²) < 4.78 is 11.2. The third-order valence-corrected chi connectivity index (χ3v) is 3.25. The molecular weight excluding hydrogens is 164 g/mol. The molecule has 0 aliphatic carbocycles. The molecule has 0 amide bonds. The standard InChI is InChI=1S/C11H20O2/c1-2-3-4-9-7-10-5-6-12-11(10)13-8-9/h9-11H,2-8H2,1H3/t9-,10?,11?/m0/s1. The van der Waals surface area contributed by atoms with E-state index in [0.717, 1.165) is 19.1 Å². The smallest absolute Gasteiger partial charge is 0.160 e. The molecule has 0 saturated carbocycles. The summed E-state index contributed by atoms with van der Waals surface area (Å²) in [6.45, 7) is 4.10. The zero-order chi connectivity index (χ0) is 9.10. The van der Waals surface area contributed by atoms with Gasteiger partial charge in [-0.05, 0) is 25.2 Å². The molecule has 0 aromatic heterocycles.